The van der Waals surface area contributed by atoms with Crippen molar-refractivity contribution < 1.29 is 14.6 Å². The zero-order valence-corrected chi connectivity index (χ0v) is 9.38. The maximum atomic E-state index is 10.7. The number of nitrogens with two attached hydrogens (primary N) is 1. The van der Waals surface area contributed by atoms with Gasteiger partial charge in [-0.05, 0) is 12.5 Å². The molecule has 5 nitrogen and oxygen atoms in total. The van der Waals surface area contributed by atoms with Crippen LogP contribution in [0, 0.1) is 0 Å². The van der Waals surface area contributed by atoms with Gasteiger partial charge in [0.25, 0.3) is 0 Å². The molecule has 0 saturated heterocycles. The van der Waals surface area contributed by atoms with Crippen molar-refractivity contribution in [1.29, 1.82) is 0 Å². The minimum Gasteiger partial charge on any atom is -0.481 e. The molecule has 0 aliphatic heterocycles. The predicted octanol–water partition coefficient (Wildman–Crippen LogP) is 0.996. The first-order valence-corrected chi connectivity index (χ1v) is 5.02. The number of aromatic nitrogens is 1. The Kier molecular flexibility index (Phi) is 4.25. The van der Waals surface area contributed by atoms with E-state index in [0.29, 0.717) is 5.88 Å². The van der Waals surface area contributed by atoms with Crippen LogP contribution in [0.4, 0.5) is 0 Å². The first-order chi connectivity index (χ1) is 7.54. The smallest absolute Gasteiger partial charge is 0.304 e. The van der Waals surface area contributed by atoms with Crippen molar-refractivity contribution in [3.63, 3.8) is 0 Å². The van der Waals surface area contributed by atoms with E-state index in [0.717, 1.165) is 5.56 Å². The van der Waals surface area contributed by atoms with Crippen molar-refractivity contribution in [3.8, 4) is 5.88 Å². The quantitative estimate of drug-likeness (QED) is 0.779. The number of carboxylic acids is 1. The summed E-state index contributed by atoms with van der Waals surface area (Å²) in [6, 6.07) is 3.27. The number of hydrogen-bond acceptors (Lipinski definition) is 4. The lowest BCUT2D eigenvalue weighted by molar-refractivity contribution is -0.137. The van der Waals surface area contributed by atoms with Gasteiger partial charge in [0.05, 0.1) is 13.5 Å². The zero-order valence-electron chi connectivity index (χ0n) is 9.38. The number of ether oxygens (including phenoxy) is 1. The number of carboxylic acid groups (broad SMARTS) is 1. The van der Waals surface area contributed by atoms with Crippen molar-refractivity contribution in [1.82, 2.24) is 4.98 Å². The molecular formula is C11H16N2O3. The number of aliphatic carboxylic acids is 1. The summed E-state index contributed by atoms with van der Waals surface area (Å²) < 4.78 is 4.93. The molecule has 0 fully saturated rings. The second kappa shape index (κ2) is 5.46. The van der Waals surface area contributed by atoms with Gasteiger partial charge in [-0.15, -0.1) is 0 Å². The third-order valence-electron chi connectivity index (χ3n) is 2.43. The molecule has 0 aromatic carbocycles. The molecule has 0 saturated carbocycles. The molecule has 1 rings (SSSR count). The third-order valence-corrected chi connectivity index (χ3v) is 2.43. The number of pyridine rings is 1. The highest BCUT2D eigenvalue weighted by molar-refractivity contribution is 5.68. The second-order valence-corrected chi connectivity index (χ2v) is 3.70. The second-order valence-electron chi connectivity index (χ2n) is 3.70. The number of carbonyl (C=O) groups is 1. The van der Waals surface area contributed by atoms with Crippen molar-refractivity contribution in [2.45, 2.75) is 25.3 Å². The fourth-order valence-electron chi connectivity index (χ4n) is 1.53. The van der Waals surface area contributed by atoms with Crippen LogP contribution in [-0.2, 0) is 4.79 Å². The minimum atomic E-state index is -0.863. The highest BCUT2D eigenvalue weighted by Gasteiger charge is 2.19. The fourth-order valence-corrected chi connectivity index (χ4v) is 1.53. The Bertz CT molecular complexity index is 349. The molecule has 0 bridgehead atoms. The minimum absolute atomic E-state index is 0.00563. The molecule has 2 atom stereocenters. The Morgan fingerprint density at radius 1 is 1.62 bits per heavy atom. The number of rotatable bonds is 5. The van der Waals surface area contributed by atoms with Crippen LogP contribution in [-0.4, -0.2) is 29.2 Å². The van der Waals surface area contributed by atoms with Gasteiger partial charge in [-0.3, -0.25) is 4.79 Å². The number of methoxy groups -OCH3 is 1. The van der Waals surface area contributed by atoms with Crippen molar-refractivity contribution in [2.75, 3.05) is 7.11 Å². The van der Waals surface area contributed by atoms with Crippen LogP contribution in [0.1, 0.15) is 24.8 Å². The lowest BCUT2D eigenvalue weighted by atomic mass is 9.91. The predicted molar refractivity (Wildman–Crippen MR) is 59.4 cm³/mol. The molecule has 88 valence electrons. The Labute approximate surface area is 94.2 Å². The number of hydrogen-bond donors (Lipinski definition) is 2. The molecule has 5 heteroatoms. The lowest BCUT2D eigenvalue weighted by Gasteiger charge is -2.18. The molecule has 0 amide bonds. The number of nitrogens with zero attached hydrogens (tertiary/aromatic N) is 1. The third kappa shape index (κ3) is 3.20. The van der Waals surface area contributed by atoms with Gasteiger partial charge >= 0.3 is 5.97 Å². The average Bonchev–Trinajstić information content (AvgIpc) is 2.25. The van der Waals surface area contributed by atoms with Gasteiger partial charge in [0.1, 0.15) is 0 Å². The van der Waals surface area contributed by atoms with Gasteiger partial charge in [-0.25, -0.2) is 4.98 Å². The summed E-state index contributed by atoms with van der Waals surface area (Å²) in [5.74, 6) is -0.587. The van der Waals surface area contributed by atoms with E-state index < -0.39 is 5.97 Å². The van der Waals surface area contributed by atoms with E-state index in [2.05, 4.69) is 4.98 Å². The Morgan fingerprint density at radius 2 is 2.31 bits per heavy atom. The summed E-state index contributed by atoms with van der Waals surface area (Å²) in [5.41, 5.74) is 6.58. The Hall–Kier alpha value is -1.62. The van der Waals surface area contributed by atoms with E-state index >= 15 is 0 Å². The van der Waals surface area contributed by atoms with Crippen LogP contribution in [0.25, 0.3) is 0 Å². The average molecular weight is 224 g/mol. The molecular weight excluding hydrogens is 208 g/mol. The van der Waals surface area contributed by atoms with E-state index in [9.17, 15) is 4.79 Å². The van der Waals surface area contributed by atoms with Crippen molar-refractivity contribution in [2.24, 2.45) is 5.73 Å². The van der Waals surface area contributed by atoms with Gasteiger partial charge < -0.3 is 15.6 Å². The largest absolute Gasteiger partial charge is 0.481 e. The van der Waals surface area contributed by atoms with Crippen LogP contribution >= 0.6 is 0 Å². The van der Waals surface area contributed by atoms with Gasteiger partial charge in [0.15, 0.2) is 0 Å². The van der Waals surface area contributed by atoms with E-state index in [-0.39, 0.29) is 18.4 Å². The highest BCUT2D eigenvalue weighted by atomic mass is 16.5. The molecule has 1 heterocycles. The van der Waals surface area contributed by atoms with Gasteiger partial charge in [-0.2, -0.15) is 0 Å². The van der Waals surface area contributed by atoms with Crippen LogP contribution in [0.15, 0.2) is 18.3 Å². The van der Waals surface area contributed by atoms with Gasteiger partial charge in [0, 0.05) is 24.2 Å². The van der Waals surface area contributed by atoms with E-state index in [4.69, 9.17) is 15.6 Å². The van der Waals surface area contributed by atoms with Crippen molar-refractivity contribution in [3.05, 3.63) is 23.9 Å². The summed E-state index contributed by atoms with van der Waals surface area (Å²) in [6.45, 7) is 1.79. The lowest BCUT2D eigenvalue weighted by Crippen LogP contribution is -2.26. The van der Waals surface area contributed by atoms with Gasteiger partial charge in [0.2, 0.25) is 5.88 Å². The highest BCUT2D eigenvalue weighted by Crippen LogP contribution is 2.23. The molecule has 3 N–H and O–H groups in total. The Balaban J connectivity index is 2.88. The van der Waals surface area contributed by atoms with E-state index in [1.54, 1.807) is 25.3 Å². The molecule has 0 radical (unpaired) electrons. The summed E-state index contributed by atoms with van der Waals surface area (Å²) in [7, 11) is 1.53. The normalized spacial score (nSPS) is 14.2. The van der Waals surface area contributed by atoms with Crippen molar-refractivity contribution >= 4 is 5.97 Å². The topological polar surface area (TPSA) is 85.4 Å². The van der Waals surface area contributed by atoms with Crippen LogP contribution < -0.4 is 10.5 Å². The molecule has 1 aromatic rings. The SMILES string of the molecule is COc1ccc(C(CC(=O)O)C(C)N)cn1. The van der Waals surface area contributed by atoms with Crippen LogP contribution in [0.5, 0.6) is 5.88 Å². The molecule has 1 aromatic heterocycles. The first kappa shape index (κ1) is 12.4. The van der Waals surface area contributed by atoms with E-state index in [1.807, 2.05) is 0 Å². The molecule has 2 unspecified atom stereocenters. The summed E-state index contributed by atoms with van der Waals surface area (Å²) in [4.78, 5) is 14.7. The monoisotopic (exact) mass is 224 g/mol. The Morgan fingerprint density at radius 3 is 2.69 bits per heavy atom. The molecule has 0 aliphatic carbocycles. The maximum absolute atomic E-state index is 10.7. The zero-order chi connectivity index (χ0) is 12.1. The van der Waals surface area contributed by atoms with E-state index in [1.165, 1.54) is 7.11 Å². The van der Waals surface area contributed by atoms with Crippen LogP contribution in [0.3, 0.4) is 0 Å². The molecule has 0 aliphatic rings. The van der Waals surface area contributed by atoms with Crippen LogP contribution in [0.2, 0.25) is 0 Å². The maximum Gasteiger partial charge on any atom is 0.304 e. The molecule has 16 heavy (non-hydrogen) atoms. The summed E-state index contributed by atoms with van der Waals surface area (Å²) in [6.07, 6.45) is 1.61. The fraction of sp³-hybridized carbons (Fsp3) is 0.455. The standard InChI is InChI=1S/C11H16N2O3/c1-7(12)9(5-11(14)15)8-3-4-10(16-2)13-6-8/h3-4,6-7,9H,5,12H2,1-2H3,(H,14,15). The molecule has 0 spiro atoms. The van der Waals surface area contributed by atoms with Gasteiger partial charge in [-0.1, -0.05) is 6.07 Å². The summed E-state index contributed by atoms with van der Waals surface area (Å²) in [5, 5.41) is 8.79. The first-order valence-electron chi connectivity index (χ1n) is 5.02. The summed E-state index contributed by atoms with van der Waals surface area (Å²) >= 11 is 0.